The van der Waals surface area contributed by atoms with Crippen molar-refractivity contribution in [2.45, 2.75) is 20.0 Å². The molecule has 1 heterocycles. The summed E-state index contributed by atoms with van der Waals surface area (Å²) in [6.45, 7) is 3.50. The van der Waals surface area contributed by atoms with Gasteiger partial charge >= 0.3 is 0 Å². The molecule has 2 rings (SSSR count). The van der Waals surface area contributed by atoms with Crippen molar-refractivity contribution >= 4 is 5.82 Å². The predicted molar refractivity (Wildman–Crippen MR) is 75.4 cm³/mol. The Bertz CT molecular complexity index is 505. The molecular formula is C15H19N3. The first-order chi connectivity index (χ1) is 8.69. The van der Waals surface area contributed by atoms with Crippen LogP contribution in [0.25, 0.3) is 0 Å². The van der Waals surface area contributed by atoms with Gasteiger partial charge in [-0.05, 0) is 24.1 Å². The minimum atomic E-state index is 0.537. The fraction of sp³-hybridized carbons (Fsp3) is 0.267. The van der Waals surface area contributed by atoms with E-state index in [0.717, 1.165) is 17.9 Å². The Morgan fingerprint density at radius 1 is 1.17 bits per heavy atom. The van der Waals surface area contributed by atoms with E-state index in [0.29, 0.717) is 6.54 Å². The van der Waals surface area contributed by atoms with Crippen LogP contribution in [0.2, 0.25) is 0 Å². The average Bonchev–Trinajstić information content (AvgIpc) is 2.39. The number of anilines is 1. The minimum Gasteiger partial charge on any atom is -0.355 e. The van der Waals surface area contributed by atoms with Gasteiger partial charge in [-0.25, -0.2) is 4.98 Å². The highest BCUT2D eigenvalue weighted by molar-refractivity contribution is 5.39. The summed E-state index contributed by atoms with van der Waals surface area (Å²) < 4.78 is 0. The number of benzene rings is 1. The van der Waals surface area contributed by atoms with Crippen molar-refractivity contribution in [1.82, 2.24) is 4.98 Å². The number of aromatic nitrogens is 1. The molecule has 3 heteroatoms. The third-order valence-corrected chi connectivity index (χ3v) is 2.94. The number of aryl methyl sites for hydroxylation is 1. The van der Waals surface area contributed by atoms with E-state index < -0.39 is 0 Å². The van der Waals surface area contributed by atoms with Crippen LogP contribution < -0.4 is 10.6 Å². The first-order valence-corrected chi connectivity index (χ1v) is 6.10. The van der Waals surface area contributed by atoms with Crippen molar-refractivity contribution in [3.05, 3.63) is 59.3 Å². The third kappa shape index (κ3) is 3.08. The van der Waals surface area contributed by atoms with E-state index in [1.165, 1.54) is 11.1 Å². The lowest BCUT2D eigenvalue weighted by Gasteiger charge is -2.18. The number of rotatable bonds is 4. The summed E-state index contributed by atoms with van der Waals surface area (Å²) in [7, 11) is 2.05. The highest BCUT2D eigenvalue weighted by Gasteiger charge is 2.03. The Morgan fingerprint density at radius 3 is 2.61 bits per heavy atom. The van der Waals surface area contributed by atoms with Crippen LogP contribution in [0.3, 0.4) is 0 Å². The normalized spacial score (nSPS) is 10.4. The van der Waals surface area contributed by atoms with Crippen LogP contribution in [-0.4, -0.2) is 12.0 Å². The molecule has 0 aliphatic rings. The van der Waals surface area contributed by atoms with Gasteiger partial charge in [-0.3, -0.25) is 0 Å². The summed E-state index contributed by atoms with van der Waals surface area (Å²) in [5, 5.41) is 0. The van der Waals surface area contributed by atoms with Gasteiger partial charge in [0.2, 0.25) is 0 Å². The van der Waals surface area contributed by atoms with Crippen LogP contribution in [0.15, 0.2) is 42.6 Å². The average molecular weight is 241 g/mol. The Kier molecular flexibility index (Phi) is 3.95. The van der Waals surface area contributed by atoms with Crippen molar-refractivity contribution in [2.24, 2.45) is 5.73 Å². The third-order valence-electron chi connectivity index (χ3n) is 2.94. The summed E-state index contributed by atoms with van der Waals surface area (Å²) in [5.41, 5.74) is 9.20. The summed E-state index contributed by atoms with van der Waals surface area (Å²) in [5.74, 6) is 0.966. The summed E-state index contributed by atoms with van der Waals surface area (Å²) in [4.78, 5) is 6.55. The maximum Gasteiger partial charge on any atom is 0.128 e. The summed E-state index contributed by atoms with van der Waals surface area (Å²) >= 11 is 0. The zero-order valence-corrected chi connectivity index (χ0v) is 10.9. The second-order valence-corrected chi connectivity index (χ2v) is 4.57. The van der Waals surface area contributed by atoms with Crippen LogP contribution in [0.4, 0.5) is 5.82 Å². The fourth-order valence-electron chi connectivity index (χ4n) is 1.93. The highest BCUT2D eigenvalue weighted by atomic mass is 15.2. The van der Waals surface area contributed by atoms with Crippen LogP contribution >= 0.6 is 0 Å². The van der Waals surface area contributed by atoms with E-state index in [2.05, 4.69) is 41.1 Å². The van der Waals surface area contributed by atoms with Gasteiger partial charge in [0.1, 0.15) is 5.82 Å². The quantitative estimate of drug-likeness (QED) is 0.894. The molecule has 0 saturated heterocycles. The standard InChI is InChI=1S/C15H19N3/c1-12-4-3-5-13(8-12)11-18(2)15-7-6-14(9-16)10-17-15/h3-8,10H,9,11,16H2,1-2H3. The van der Waals surface area contributed by atoms with E-state index in [9.17, 15) is 0 Å². The molecule has 94 valence electrons. The molecule has 1 aromatic carbocycles. The van der Waals surface area contributed by atoms with Crippen LogP contribution in [0.1, 0.15) is 16.7 Å². The second kappa shape index (κ2) is 5.65. The molecule has 0 amide bonds. The van der Waals surface area contributed by atoms with Gasteiger partial charge in [0, 0.05) is 26.3 Å². The molecule has 0 atom stereocenters. The zero-order valence-electron chi connectivity index (χ0n) is 10.9. The second-order valence-electron chi connectivity index (χ2n) is 4.57. The van der Waals surface area contributed by atoms with Crippen molar-refractivity contribution in [1.29, 1.82) is 0 Å². The van der Waals surface area contributed by atoms with E-state index in [4.69, 9.17) is 5.73 Å². The maximum absolute atomic E-state index is 5.56. The summed E-state index contributed by atoms with van der Waals surface area (Å²) in [6, 6.07) is 12.6. The van der Waals surface area contributed by atoms with Gasteiger partial charge in [0.15, 0.2) is 0 Å². The maximum atomic E-state index is 5.56. The molecule has 0 aliphatic heterocycles. The minimum absolute atomic E-state index is 0.537. The molecule has 3 nitrogen and oxygen atoms in total. The van der Waals surface area contributed by atoms with Gasteiger partial charge in [-0.2, -0.15) is 0 Å². The predicted octanol–water partition coefficient (Wildman–Crippen LogP) is 2.49. The largest absolute Gasteiger partial charge is 0.355 e. The Morgan fingerprint density at radius 2 is 2.00 bits per heavy atom. The van der Waals surface area contributed by atoms with Gasteiger partial charge in [0.25, 0.3) is 0 Å². The number of hydrogen-bond donors (Lipinski definition) is 1. The Labute approximate surface area is 108 Å². The molecule has 0 bridgehead atoms. The Hall–Kier alpha value is -1.87. The molecule has 0 saturated carbocycles. The van der Waals surface area contributed by atoms with E-state index >= 15 is 0 Å². The topological polar surface area (TPSA) is 42.1 Å². The highest BCUT2D eigenvalue weighted by Crippen LogP contribution is 2.13. The van der Waals surface area contributed by atoms with Gasteiger partial charge in [-0.1, -0.05) is 35.9 Å². The van der Waals surface area contributed by atoms with Crippen LogP contribution in [0.5, 0.6) is 0 Å². The fourth-order valence-corrected chi connectivity index (χ4v) is 1.93. The monoisotopic (exact) mass is 241 g/mol. The first-order valence-electron chi connectivity index (χ1n) is 6.10. The number of hydrogen-bond acceptors (Lipinski definition) is 3. The molecule has 0 radical (unpaired) electrons. The summed E-state index contributed by atoms with van der Waals surface area (Å²) in [6.07, 6.45) is 1.84. The van der Waals surface area contributed by atoms with Crippen molar-refractivity contribution in [2.75, 3.05) is 11.9 Å². The number of pyridine rings is 1. The molecule has 1 aromatic heterocycles. The van der Waals surface area contributed by atoms with Crippen molar-refractivity contribution < 1.29 is 0 Å². The molecule has 0 fully saturated rings. The van der Waals surface area contributed by atoms with Crippen LogP contribution in [0, 0.1) is 6.92 Å². The number of nitrogens with two attached hydrogens (primary N) is 1. The number of nitrogens with zero attached hydrogens (tertiary/aromatic N) is 2. The molecule has 2 aromatic rings. The SMILES string of the molecule is Cc1cccc(CN(C)c2ccc(CN)cn2)c1. The van der Waals surface area contributed by atoms with Gasteiger partial charge in [0.05, 0.1) is 0 Å². The lowest BCUT2D eigenvalue weighted by molar-refractivity contribution is 0.892. The van der Waals surface area contributed by atoms with Crippen molar-refractivity contribution in [3.8, 4) is 0 Å². The molecule has 18 heavy (non-hydrogen) atoms. The first kappa shape index (κ1) is 12.6. The van der Waals surface area contributed by atoms with Gasteiger partial charge in [-0.15, -0.1) is 0 Å². The lowest BCUT2D eigenvalue weighted by atomic mass is 10.1. The smallest absolute Gasteiger partial charge is 0.128 e. The molecular weight excluding hydrogens is 222 g/mol. The van der Waals surface area contributed by atoms with E-state index in [1.54, 1.807) is 0 Å². The van der Waals surface area contributed by atoms with E-state index in [-0.39, 0.29) is 0 Å². The molecule has 0 aliphatic carbocycles. The van der Waals surface area contributed by atoms with Gasteiger partial charge < -0.3 is 10.6 Å². The Balaban J connectivity index is 2.09. The molecule has 2 N–H and O–H groups in total. The van der Waals surface area contributed by atoms with Crippen molar-refractivity contribution in [3.63, 3.8) is 0 Å². The zero-order chi connectivity index (χ0) is 13.0. The lowest BCUT2D eigenvalue weighted by Crippen LogP contribution is -2.17. The van der Waals surface area contributed by atoms with Crippen LogP contribution in [-0.2, 0) is 13.1 Å². The molecule has 0 spiro atoms. The molecule has 0 unspecified atom stereocenters. The van der Waals surface area contributed by atoms with E-state index in [1.807, 2.05) is 25.4 Å².